The number of anilines is 1. The third kappa shape index (κ3) is 3.40. The topological polar surface area (TPSA) is 32.3 Å². The van der Waals surface area contributed by atoms with E-state index >= 15 is 0 Å². The Morgan fingerprint density at radius 3 is 2.17 bits per heavy atom. The highest BCUT2D eigenvalue weighted by molar-refractivity contribution is 9.11. The number of halogens is 3. The zero-order valence-electron chi connectivity index (χ0n) is 9.25. The average molecular weight is 391 g/mol. The molecule has 0 aliphatic rings. The van der Waals surface area contributed by atoms with Gasteiger partial charge in [0.1, 0.15) is 5.75 Å². The molecule has 0 spiro atoms. The summed E-state index contributed by atoms with van der Waals surface area (Å²) in [5, 5.41) is 13.6. The first kappa shape index (κ1) is 13.7. The van der Waals surface area contributed by atoms with Gasteiger partial charge in [0, 0.05) is 17.3 Å². The van der Waals surface area contributed by atoms with Crippen LogP contribution in [-0.4, -0.2) is 5.11 Å². The first-order valence-corrected chi connectivity index (χ1v) is 7.19. The van der Waals surface area contributed by atoms with Crippen LogP contribution in [0.1, 0.15) is 5.56 Å². The molecule has 2 nitrogen and oxygen atoms in total. The quantitative estimate of drug-likeness (QED) is 0.755. The van der Waals surface area contributed by atoms with Crippen LogP contribution in [0.3, 0.4) is 0 Å². The van der Waals surface area contributed by atoms with E-state index in [9.17, 15) is 5.11 Å². The van der Waals surface area contributed by atoms with Crippen LogP contribution in [0.4, 0.5) is 5.69 Å². The first-order valence-electron chi connectivity index (χ1n) is 5.22. The van der Waals surface area contributed by atoms with Crippen molar-refractivity contribution >= 4 is 49.1 Å². The third-order valence-corrected chi connectivity index (χ3v) is 3.88. The number of hydrogen-bond acceptors (Lipinski definition) is 2. The summed E-state index contributed by atoms with van der Waals surface area (Å²) in [4.78, 5) is 0. The Kier molecular flexibility index (Phi) is 4.54. The minimum absolute atomic E-state index is 0.213. The van der Waals surface area contributed by atoms with E-state index in [1.54, 1.807) is 0 Å². The summed E-state index contributed by atoms with van der Waals surface area (Å²) in [6, 6.07) is 11.3. The normalized spacial score (nSPS) is 10.4. The summed E-state index contributed by atoms with van der Waals surface area (Å²) in [6.45, 7) is 0.666. The van der Waals surface area contributed by atoms with Crippen LogP contribution in [0.25, 0.3) is 0 Å². The Morgan fingerprint density at radius 2 is 1.61 bits per heavy atom. The fraction of sp³-hybridized carbons (Fsp3) is 0.0769. The maximum atomic E-state index is 9.62. The van der Waals surface area contributed by atoms with Crippen molar-refractivity contribution in [3.05, 3.63) is 55.9 Å². The number of phenols is 1. The van der Waals surface area contributed by atoms with E-state index in [1.165, 1.54) is 0 Å². The van der Waals surface area contributed by atoms with Gasteiger partial charge in [0.15, 0.2) is 0 Å². The predicted octanol–water partition coefficient (Wildman–Crippen LogP) is 5.18. The maximum Gasteiger partial charge on any atom is 0.143 e. The van der Waals surface area contributed by atoms with Gasteiger partial charge in [0.05, 0.1) is 8.95 Å². The number of benzene rings is 2. The minimum Gasteiger partial charge on any atom is -0.506 e. The fourth-order valence-electron chi connectivity index (χ4n) is 1.49. The summed E-state index contributed by atoms with van der Waals surface area (Å²) < 4.78 is 1.34. The van der Waals surface area contributed by atoms with Crippen molar-refractivity contribution in [3.8, 4) is 5.75 Å². The molecular weight excluding hydrogens is 381 g/mol. The van der Waals surface area contributed by atoms with E-state index in [0.717, 1.165) is 16.3 Å². The molecule has 0 aromatic heterocycles. The van der Waals surface area contributed by atoms with E-state index in [0.29, 0.717) is 15.5 Å². The van der Waals surface area contributed by atoms with Gasteiger partial charge in [-0.25, -0.2) is 0 Å². The highest BCUT2D eigenvalue weighted by Gasteiger charge is 2.05. The molecule has 2 aromatic rings. The molecule has 0 unspecified atom stereocenters. The Labute approximate surface area is 127 Å². The molecule has 0 radical (unpaired) electrons. The SMILES string of the molecule is Oc1c(Br)cc(CNc2ccc(Cl)cc2)cc1Br. The van der Waals surface area contributed by atoms with Gasteiger partial charge in [0.25, 0.3) is 0 Å². The minimum atomic E-state index is 0.213. The Bertz CT molecular complexity index is 534. The van der Waals surface area contributed by atoms with Crippen LogP contribution in [0.2, 0.25) is 5.02 Å². The largest absolute Gasteiger partial charge is 0.506 e. The van der Waals surface area contributed by atoms with Crippen molar-refractivity contribution in [1.29, 1.82) is 0 Å². The van der Waals surface area contributed by atoms with Crippen LogP contribution in [0, 0.1) is 0 Å². The zero-order chi connectivity index (χ0) is 13.1. The Balaban J connectivity index is 2.08. The van der Waals surface area contributed by atoms with Crippen LogP contribution in [-0.2, 0) is 6.54 Å². The van der Waals surface area contributed by atoms with Crippen molar-refractivity contribution < 1.29 is 5.11 Å². The highest BCUT2D eigenvalue weighted by Crippen LogP contribution is 2.33. The Morgan fingerprint density at radius 1 is 1.06 bits per heavy atom. The molecule has 2 N–H and O–H groups in total. The second-order valence-corrected chi connectivity index (χ2v) is 5.91. The maximum absolute atomic E-state index is 9.62. The molecule has 2 rings (SSSR count). The summed E-state index contributed by atoms with van der Waals surface area (Å²) in [7, 11) is 0. The van der Waals surface area contributed by atoms with E-state index in [2.05, 4.69) is 37.2 Å². The first-order chi connectivity index (χ1) is 8.56. The van der Waals surface area contributed by atoms with Crippen LogP contribution in [0.15, 0.2) is 45.3 Å². The molecule has 0 bridgehead atoms. The molecule has 0 aliphatic heterocycles. The average Bonchev–Trinajstić information content (AvgIpc) is 2.35. The lowest BCUT2D eigenvalue weighted by Gasteiger charge is -2.09. The molecule has 0 fully saturated rings. The van der Waals surface area contributed by atoms with Gasteiger partial charge in [-0.05, 0) is 73.8 Å². The van der Waals surface area contributed by atoms with Crippen molar-refractivity contribution in [3.63, 3.8) is 0 Å². The van der Waals surface area contributed by atoms with Crippen LogP contribution >= 0.6 is 43.5 Å². The van der Waals surface area contributed by atoms with E-state index < -0.39 is 0 Å². The standard InChI is InChI=1S/C13H10Br2ClNO/c14-11-5-8(6-12(15)13(11)18)7-17-10-3-1-9(16)2-4-10/h1-6,17-18H,7H2. The molecule has 0 heterocycles. The molecule has 94 valence electrons. The molecule has 5 heteroatoms. The van der Waals surface area contributed by atoms with Crippen molar-refractivity contribution in [2.75, 3.05) is 5.32 Å². The monoisotopic (exact) mass is 389 g/mol. The molecule has 0 atom stereocenters. The molecule has 0 saturated carbocycles. The fourth-order valence-corrected chi connectivity index (χ4v) is 2.90. The lowest BCUT2D eigenvalue weighted by molar-refractivity contribution is 0.468. The molecule has 0 amide bonds. The molecule has 0 aliphatic carbocycles. The van der Waals surface area contributed by atoms with Gasteiger partial charge in [-0.3, -0.25) is 0 Å². The van der Waals surface area contributed by atoms with Crippen LogP contribution < -0.4 is 5.32 Å². The van der Waals surface area contributed by atoms with Gasteiger partial charge in [-0.1, -0.05) is 11.6 Å². The predicted molar refractivity (Wildman–Crippen MR) is 82.3 cm³/mol. The van der Waals surface area contributed by atoms with Gasteiger partial charge >= 0.3 is 0 Å². The van der Waals surface area contributed by atoms with E-state index in [4.69, 9.17) is 11.6 Å². The van der Waals surface area contributed by atoms with Gasteiger partial charge in [-0.15, -0.1) is 0 Å². The van der Waals surface area contributed by atoms with Crippen molar-refractivity contribution in [1.82, 2.24) is 0 Å². The lowest BCUT2D eigenvalue weighted by Crippen LogP contribution is -1.99. The summed E-state index contributed by atoms with van der Waals surface area (Å²) in [5.41, 5.74) is 2.06. The summed E-state index contributed by atoms with van der Waals surface area (Å²) >= 11 is 12.4. The number of nitrogens with one attached hydrogen (secondary N) is 1. The van der Waals surface area contributed by atoms with Crippen molar-refractivity contribution in [2.24, 2.45) is 0 Å². The van der Waals surface area contributed by atoms with Crippen LogP contribution in [0.5, 0.6) is 5.75 Å². The summed E-state index contributed by atoms with van der Waals surface area (Å²) in [6.07, 6.45) is 0. The van der Waals surface area contributed by atoms with Gasteiger partial charge < -0.3 is 10.4 Å². The number of phenolic OH excluding ortho intramolecular Hbond substituents is 1. The smallest absolute Gasteiger partial charge is 0.143 e. The third-order valence-electron chi connectivity index (χ3n) is 2.42. The lowest BCUT2D eigenvalue weighted by atomic mass is 10.2. The van der Waals surface area contributed by atoms with Crippen molar-refractivity contribution in [2.45, 2.75) is 6.54 Å². The zero-order valence-corrected chi connectivity index (χ0v) is 13.2. The molecule has 2 aromatic carbocycles. The summed E-state index contributed by atoms with van der Waals surface area (Å²) in [5.74, 6) is 0.213. The number of aromatic hydroxyl groups is 1. The van der Waals surface area contributed by atoms with E-state index in [1.807, 2.05) is 36.4 Å². The van der Waals surface area contributed by atoms with Gasteiger partial charge in [-0.2, -0.15) is 0 Å². The molecule has 18 heavy (non-hydrogen) atoms. The number of rotatable bonds is 3. The van der Waals surface area contributed by atoms with Gasteiger partial charge in [0.2, 0.25) is 0 Å². The number of hydrogen-bond donors (Lipinski definition) is 2. The second kappa shape index (κ2) is 5.95. The van der Waals surface area contributed by atoms with E-state index in [-0.39, 0.29) is 5.75 Å². The second-order valence-electron chi connectivity index (χ2n) is 3.77. The molecular formula is C13H10Br2ClNO. The molecule has 0 saturated heterocycles. The highest BCUT2D eigenvalue weighted by atomic mass is 79.9. The Hall–Kier alpha value is -0.710.